The van der Waals surface area contributed by atoms with Crippen LogP contribution in [-0.2, 0) is 24.9 Å². The molecule has 1 saturated heterocycles. The zero-order chi connectivity index (χ0) is 18.8. The van der Waals surface area contributed by atoms with Gasteiger partial charge in [0.15, 0.2) is 0 Å². The molecule has 4 rings (SSSR count). The van der Waals surface area contributed by atoms with Crippen molar-refractivity contribution >= 4 is 16.8 Å². The highest BCUT2D eigenvalue weighted by atomic mass is 16.2. The fraction of sp³-hybridized carbons (Fsp3) is 0.450. The molecular weight excluding hydrogens is 340 g/mol. The first kappa shape index (κ1) is 17.7. The Morgan fingerprint density at radius 3 is 3.04 bits per heavy atom. The third kappa shape index (κ3) is 3.88. The van der Waals surface area contributed by atoms with Crippen LogP contribution < -0.4 is 10.6 Å². The Morgan fingerprint density at radius 1 is 1.33 bits per heavy atom. The van der Waals surface area contributed by atoms with E-state index in [0.717, 1.165) is 41.8 Å². The maximum Gasteiger partial charge on any atom is 0.242 e. The molecule has 1 aliphatic rings. The first-order valence-electron chi connectivity index (χ1n) is 9.53. The predicted molar refractivity (Wildman–Crippen MR) is 104 cm³/mol. The van der Waals surface area contributed by atoms with E-state index in [1.807, 2.05) is 24.0 Å². The number of nitrogens with one attached hydrogen (secondary N) is 2. The number of aromatic nitrogens is 4. The smallest absolute Gasteiger partial charge is 0.242 e. The molecule has 7 nitrogen and oxygen atoms in total. The maximum absolute atomic E-state index is 12.4. The van der Waals surface area contributed by atoms with Crippen LogP contribution in [0.4, 0.5) is 0 Å². The summed E-state index contributed by atoms with van der Waals surface area (Å²) in [5.41, 5.74) is 4.21. The summed E-state index contributed by atoms with van der Waals surface area (Å²) in [6.07, 6.45) is 4.22. The second-order valence-corrected chi connectivity index (χ2v) is 7.35. The Labute approximate surface area is 158 Å². The minimum absolute atomic E-state index is 0.0575. The summed E-state index contributed by atoms with van der Waals surface area (Å²) in [6.45, 7) is 4.76. The molecule has 1 amide bonds. The molecule has 3 aromatic rings. The van der Waals surface area contributed by atoms with Crippen molar-refractivity contribution in [3.8, 4) is 0 Å². The Bertz CT molecular complexity index is 951. The standard InChI is InChI=1S/C20H26N6O/c1-14-5-6-19-16(10-14)18(23-25(19)2)12-22-20(27)13-26-9-7-17(24-26)15-4-3-8-21-11-15/h5-7,9-10,15,21H,3-4,8,11-13H2,1-2H3,(H,22,27)/t15-/m1/s1. The number of aryl methyl sites for hydroxylation is 2. The van der Waals surface area contributed by atoms with E-state index in [2.05, 4.69) is 46.0 Å². The Balaban J connectivity index is 1.38. The van der Waals surface area contributed by atoms with Crippen molar-refractivity contribution in [1.82, 2.24) is 30.2 Å². The summed E-state index contributed by atoms with van der Waals surface area (Å²) in [7, 11) is 1.92. The van der Waals surface area contributed by atoms with E-state index in [1.165, 1.54) is 12.0 Å². The number of hydrogen-bond acceptors (Lipinski definition) is 4. The van der Waals surface area contributed by atoms with Gasteiger partial charge in [-0.2, -0.15) is 10.2 Å². The maximum atomic E-state index is 12.4. The van der Waals surface area contributed by atoms with Crippen molar-refractivity contribution in [2.24, 2.45) is 7.05 Å². The van der Waals surface area contributed by atoms with Gasteiger partial charge < -0.3 is 10.6 Å². The van der Waals surface area contributed by atoms with Crippen LogP contribution >= 0.6 is 0 Å². The highest BCUT2D eigenvalue weighted by Crippen LogP contribution is 2.21. The van der Waals surface area contributed by atoms with Gasteiger partial charge in [-0.05, 0) is 44.5 Å². The van der Waals surface area contributed by atoms with E-state index in [4.69, 9.17) is 0 Å². The van der Waals surface area contributed by atoms with Crippen LogP contribution in [0.1, 0.15) is 35.7 Å². The molecular formula is C20H26N6O. The van der Waals surface area contributed by atoms with Crippen LogP contribution in [-0.4, -0.2) is 38.6 Å². The lowest BCUT2D eigenvalue weighted by Crippen LogP contribution is -2.29. The summed E-state index contributed by atoms with van der Waals surface area (Å²) >= 11 is 0. The number of rotatable bonds is 5. The molecule has 1 fully saturated rings. The summed E-state index contributed by atoms with van der Waals surface area (Å²) in [5.74, 6) is 0.393. The van der Waals surface area contributed by atoms with E-state index in [1.54, 1.807) is 4.68 Å². The molecule has 2 N–H and O–H groups in total. The average molecular weight is 366 g/mol. The summed E-state index contributed by atoms with van der Waals surface area (Å²) in [4.78, 5) is 12.4. The number of nitrogens with zero attached hydrogens (tertiary/aromatic N) is 4. The summed E-state index contributed by atoms with van der Waals surface area (Å²) in [6, 6.07) is 8.28. The second-order valence-electron chi connectivity index (χ2n) is 7.35. The predicted octanol–water partition coefficient (Wildman–Crippen LogP) is 1.86. The molecule has 0 radical (unpaired) electrons. The number of fused-ring (bicyclic) bond motifs is 1. The van der Waals surface area contributed by atoms with Gasteiger partial charge in [-0.25, -0.2) is 0 Å². The number of hydrogen-bond donors (Lipinski definition) is 2. The topological polar surface area (TPSA) is 76.8 Å². The molecule has 1 aliphatic heterocycles. The normalized spacial score (nSPS) is 17.3. The average Bonchev–Trinajstić information content (AvgIpc) is 3.25. The van der Waals surface area contributed by atoms with Crippen molar-refractivity contribution in [1.29, 1.82) is 0 Å². The van der Waals surface area contributed by atoms with E-state index in [0.29, 0.717) is 12.5 Å². The van der Waals surface area contributed by atoms with Gasteiger partial charge in [0.1, 0.15) is 6.54 Å². The largest absolute Gasteiger partial charge is 0.349 e. The highest BCUT2D eigenvalue weighted by molar-refractivity contribution is 5.83. The van der Waals surface area contributed by atoms with Crippen LogP contribution in [0.25, 0.3) is 10.9 Å². The fourth-order valence-electron chi connectivity index (χ4n) is 3.76. The van der Waals surface area contributed by atoms with Crippen molar-refractivity contribution in [3.05, 3.63) is 47.4 Å². The van der Waals surface area contributed by atoms with Crippen LogP contribution in [0, 0.1) is 6.92 Å². The monoisotopic (exact) mass is 366 g/mol. The molecule has 27 heavy (non-hydrogen) atoms. The lowest BCUT2D eigenvalue weighted by atomic mass is 9.97. The van der Waals surface area contributed by atoms with Crippen molar-refractivity contribution < 1.29 is 4.79 Å². The lowest BCUT2D eigenvalue weighted by Gasteiger charge is -2.20. The van der Waals surface area contributed by atoms with Gasteiger partial charge in [-0.1, -0.05) is 11.6 Å². The molecule has 7 heteroatoms. The van der Waals surface area contributed by atoms with Gasteiger partial charge in [-0.15, -0.1) is 0 Å². The fourth-order valence-corrected chi connectivity index (χ4v) is 3.76. The quantitative estimate of drug-likeness (QED) is 0.723. The van der Waals surface area contributed by atoms with E-state index < -0.39 is 0 Å². The highest BCUT2D eigenvalue weighted by Gasteiger charge is 2.18. The molecule has 0 spiro atoms. The molecule has 2 aromatic heterocycles. The minimum atomic E-state index is -0.0575. The van der Waals surface area contributed by atoms with Crippen LogP contribution in [0.3, 0.4) is 0 Å². The Hall–Kier alpha value is -2.67. The van der Waals surface area contributed by atoms with Gasteiger partial charge in [0.2, 0.25) is 5.91 Å². The molecule has 0 aliphatic carbocycles. The molecule has 0 saturated carbocycles. The van der Waals surface area contributed by atoms with Crippen LogP contribution in [0.15, 0.2) is 30.5 Å². The number of benzene rings is 1. The zero-order valence-corrected chi connectivity index (χ0v) is 15.9. The second kappa shape index (κ2) is 7.52. The first-order chi connectivity index (χ1) is 13.1. The molecule has 0 bridgehead atoms. The van der Waals surface area contributed by atoms with Crippen molar-refractivity contribution in [2.45, 2.75) is 38.8 Å². The SMILES string of the molecule is Cc1ccc2c(c1)c(CNC(=O)Cn1ccc([C@@H]3CCCNC3)n1)nn2C. The molecule has 1 atom stereocenters. The lowest BCUT2D eigenvalue weighted by molar-refractivity contribution is -0.122. The van der Waals surface area contributed by atoms with Gasteiger partial charge >= 0.3 is 0 Å². The number of piperidine rings is 1. The van der Waals surface area contributed by atoms with E-state index in [-0.39, 0.29) is 12.5 Å². The molecule has 3 heterocycles. The summed E-state index contributed by atoms with van der Waals surface area (Å²) < 4.78 is 3.58. The number of carbonyl (C=O) groups excluding carboxylic acids is 1. The zero-order valence-electron chi connectivity index (χ0n) is 15.9. The van der Waals surface area contributed by atoms with Gasteiger partial charge in [0.05, 0.1) is 23.4 Å². The summed E-state index contributed by atoms with van der Waals surface area (Å²) in [5, 5.41) is 16.6. The van der Waals surface area contributed by atoms with E-state index in [9.17, 15) is 4.79 Å². The third-order valence-corrected chi connectivity index (χ3v) is 5.22. The third-order valence-electron chi connectivity index (χ3n) is 5.22. The minimum Gasteiger partial charge on any atom is -0.349 e. The Kier molecular flexibility index (Phi) is 4.94. The number of amides is 1. The van der Waals surface area contributed by atoms with Gasteiger partial charge in [0, 0.05) is 31.1 Å². The first-order valence-corrected chi connectivity index (χ1v) is 9.53. The number of carbonyl (C=O) groups is 1. The van der Waals surface area contributed by atoms with E-state index >= 15 is 0 Å². The van der Waals surface area contributed by atoms with Crippen LogP contribution in [0.2, 0.25) is 0 Å². The van der Waals surface area contributed by atoms with Gasteiger partial charge in [-0.3, -0.25) is 14.2 Å². The molecule has 0 unspecified atom stereocenters. The van der Waals surface area contributed by atoms with Crippen molar-refractivity contribution in [3.63, 3.8) is 0 Å². The van der Waals surface area contributed by atoms with Gasteiger partial charge in [0.25, 0.3) is 0 Å². The Morgan fingerprint density at radius 2 is 2.22 bits per heavy atom. The molecule has 142 valence electrons. The van der Waals surface area contributed by atoms with Crippen LogP contribution in [0.5, 0.6) is 0 Å². The van der Waals surface area contributed by atoms with Crippen molar-refractivity contribution in [2.75, 3.05) is 13.1 Å². The molecule has 1 aromatic carbocycles.